The minimum absolute atomic E-state index is 0.0457. The molecular formula is C24H18O9. The number of hydrogen-bond donors (Lipinski definition) is 0. The van der Waals surface area contributed by atoms with Gasteiger partial charge in [-0.15, -0.1) is 0 Å². The fraction of sp³-hybridized carbons (Fsp3) is 0.167. The Morgan fingerprint density at radius 2 is 1.52 bits per heavy atom. The van der Waals surface area contributed by atoms with Gasteiger partial charge in [-0.05, 0) is 37.3 Å². The van der Waals surface area contributed by atoms with Crippen molar-refractivity contribution in [1.29, 1.82) is 0 Å². The molecule has 5 rings (SSSR count). The molecule has 0 atom stereocenters. The van der Waals surface area contributed by atoms with Gasteiger partial charge in [-0.1, -0.05) is 6.07 Å². The molecular weight excluding hydrogens is 432 g/mol. The van der Waals surface area contributed by atoms with Crippen molar-refractivity contribution in [2.24, 2.45) is 0 Å². The minimum atomic E-state index is -0.641. The van der Waals surface area contributed by atoms with Crippen LogP contribution in [0.3, 0.4) is 0 Å². The highest BCUT2D eigenvalue weighted by Gasteiger charge is 2.24. The molecule has 168 valence electrons. The summed E-state index contributed by atoms with van der Waals surface area (Å²) in [6, 6.07) is 13.0. The number of fused-ring (bicyclic) bond motifs is 2. The maximum absolute atomic E-state index is 12.9. The smallest absolute Gasteiger partial charge is 0.345 e. The summed E-state index contributed by atoms with van der Waals surface area (Å²) in [5.74, 6) is 2.35. The van der Waals surface area contributed by atoms with Crippen LogP contribution in [0.5, 0.6) is 46.0 Å². The third kappa shape index (κ3) is 3.96. The molecule has 0 bridgehead atoms. The van der Waals surface area contributed by atoms with Crippen LogP contribution in [0.2, 0.25) is 0 Å². The number of hydrogen-bond acceptors (Lipinski definition) is 9. The highest BCUT2D eigenvalue weighted by atomic mass is 16.7. The van der Waals surface area contributed by atoms with Crippen LogP contribution in [0.25, 0.3) is 0 Å². The molecule has 9 nitrogen and oxygen atoms in total. The average molecular weight is 450 g/mol. The lowest BCUT2D eigenvalue weighted by atomic mass is 10.1. The van der Waals surface area contributed by atoms with Crippen LogP contribution in [0.15, 0.2) is 48.5 Å². The van der Waals surface area contributed by atoms with Crippen molar-refractivity contribution in [3.8, 4) is 46.0 Å². The molecule has 2 aliphatic heterocycles. The first-order valence-electron chi connectivity index (χ1n) is 10.1. The fourth-order valence-electron chi connectivity index (χ4n) is 3.39. The average Bonchev–Trinajstić information content (AvgIpc) is 3.47. The second-order valence-corrected chi connectivity index (χ2v) is 6.93. The first-order chi connectivity index (χ1) is 16.2. The topological polar surface area (TPSA) is 98.8 Å². The molecule has 0 unspecified atom stereocenters. The summed E-state index contributed by atoms with van der Waals surface area (Å²) in [5, 5.41) is 0. The van der Waals surface area contributed by atoms with Crippen LogP contribution in [0.1, 0.15) is 27.6 Å². The van der Waals surface area contributed by atoms with Gasteiger partial charge in [0.1, 0.15) is 28.6 Å². The Kier molecular flexibility index (Phi) is 5.35. The number of ether oxygens (including phenoxy) is 7. The Morgan fingerprint density at radius 3 is 2.24 bits per heavy atom. The Bertz CT molecular complexity index is 1230. The molecule has 0 saturated heterocycles. The molecule has 33 heavy (non-hydrogen) atoms. The molecule has 3 aromatic rings. The first kappa shape index (κ1) is 20.5. The van der Waals surface area contributed by atoms with Crippen LogP contribution >= 0.6 is 0 Å². The van der Waals surface area contributed by atoms with Crippen molar-refractivity contribution < 1.29 is 42.7 Å². The molecule has 0 fully saturated rings. The summed E-state index contributed by atoms with van der Waals surface area (Å²) < 4.78 is 38.6. The number of esters is 1. The van der Waals surface area contributed by atoms with Gasteiger partial charge in [-0.2, -0.15) is 0 Å². The Hall–Kier alpha value is -4.40. The molecule has 0 aromatic heterocycles. The van der Waals surface area contributed by atoms with Crippen LogP contribution in [-0.4, -0.2) is 32.4 Å². The van der Waals surface area contributed by atoms with Gasteiger partial charge in [-0.25, -0.2) is 4.79 Å². The van der Waals surface area contributed by atoms with E-state index < -0.39 is 5.97 Å². The molecule has 0 saturated carbocycles. The quantitative estimate of drug-likeness (QED) is 0.374. The van der Waals surface area contributed by atoms with Gasteiger partial charge in [0.2, 0.25) is 13.6 Å². The SMILES string of the molecule is CCOC(=O)c1c(Oc2ccc3c(c2)OCO3)cccc1Oc1cc2c(cc1C=O)OCO2. The van der Waals surface area contributed by atoms with E-state index in [1.807, 2.05) is 0 Å². The van der Waals surface area contributed by atoms with Crippen LogP contribution < -0.4 is 28.4 Å². The van der Waals surface area contributed by atoms with E-state index in [9.17, 15) is 9.59 Å². The predicted octanol–water partition coefficient (Wildman–Crippen LogP) is 4.72. The molecule has 0 spiro atoms. The first-order valence-corrected chi connectivity index (χ1v) is 10.1. The number of benzene rings is 3. The van der Waals surface area contributed by atoms with Crippen LogP contribution in [0.4, 0.5) is 0 Å². The van der Waals surface area contributed by atoms with E-state index in [0.717, 1.165) is 0 Å². The summed E-state index contributed by atoms with van der Waals surface area (Å²) in [4.78, 5) is 24.5. The van der Waals surface area contributed by atoms with E-state index in [4.69, 9.17) is 33.2 Å². The lowest BCUT2D eigenvalue weighted by Crippen LogP contribution is -2.09. The number of carbonyl (C=O) groups is 2. The third-order valence-electron chi connectivity index (χ3n) is 4.89. The molecule has 9 heteroatoms. The molecule has 0 radical (unpaired) electrons. The van der Waals surface area contributed by atoms with Crippen molar-refractivity contribution in [3.05, 3.63) is 59.7 Å². The molecule has 2 aliphatic rings. The lowest BCUT2D eigenvalue weighted by Gasteiger charge is -2.16. The highest BCUT2D eigenvalue weighted by molar-refractivity contribution is 5.96. The predicted molar refractivity (Wildman–Crippen MR) is 113 cm³/mol. The summed E-state index contributed by atoms with van der Waals surface area (Å²) in [6.45, 7) is 2.02. The normalized spacial score (nSPS) is 12.9. The minimum Gasteiger partial charge on any atom is -0.462 e. The Balaban J connectivity index is 1.53. The van der Waals surface area contributed by atoms with Crippen LogP contribution in [0, 0.1) is 0 Å². The van der Waals surface area contributed by atoms with Crippen molar-refractivity contribution in [2.45, 2.75) is 6.92 Å². The number of rotatable bonds is 7. The zero-order valence-corrected chi connectivity index (χ0v) is 17.5. The second-order valence-electron chi connectivity index (χ2n) is 6.93. The Morgan fingerprint density at radius 1 is 0.848 bits per heavy atom. The van der Waals surface area contributed by atoms with Gasteiger partial charge in [0, 0.05) is 12.1 Å². The molecule has 3 aromatic carbocycles. The van der Waals surface area contributed by atoms with Gasteiger partial charge >= 0.3 is 5.97 Å². The van der Waals surface area contributed by atoms with Crippen LogP contribution in [-0.2, 0) is 4.74 Å². The van der Waals surface area contributed by atoms with E-state index in [0.29, 0.717) is 35.0 Å². The molecule has 2 heterocycles. The molecule has 0 aliphatic carbocycles. The molecule has 0 N–H and O–H groups in total. The third-order valence-corrected chi connectivity index (χ3v) is 4.89. The van der Waals surface area contributed by atoms with E-state index in [1.165, 1.54) is 12.1 Å². The summed E-state index contributed by atoms with van der Waals surface area (Å²) >= 11 is 0. The largest absolute Gasteiger partial charge is 0.462 e. The van der Waals surface area contributed by atoms with Crippen molar-refractivity contribution in [2.75, 3.05) is 20.2 Å². The van der Waals surface area contributed by atoms with Crippen molar-refractivity contribution in [1.82, 2.24) is 0 Å². The fourth-order valence-corrected chi connectivity index (χ4v) is 3.39. The monoisotopic (exact) mass is 450 g/mol. The highest BCUT2D eigenvalue weighted by Crippen LogP contribution is 2.42. The van der Waals surface area contributed by atoms with E-state index in [2.05, 4.69) is 0 Å². The van der Waals surface area contributed by atoms with E-state index >= 15 is 0 Å². The zero-order chi connectivity index (χ0) is 22.8. The summed E-state index contributed by atoms with van der Waals surface area (Å²) in [5.41, 5.74) is 0.294. The van der Waals surface area contributed by atoms with Gasteiger partial charge < -0.3 is 33.2 Å². The molecule has 0 amide bonds. The number of carbonyl (C=O) groups excluding carboxylic acids is 2. The van der Waals surface area contributed by atoms with Crippen molar-refractivity contribution in [3.63, 3.8) is 0 Å². The van der Waals surface area contributed by atoms with Gasteiger partial charge in [-0.3, -0.25) is 4.79 Å². The summed E-state index contributed by atoms with van der Waals surface area (Å²) in [6.07, 6.45) is 0.633. The van der Waals surface area contributed by atoms with E-state index in [-0.39, 0.29) is 48.6 Å². The lowest BCUT2D eigenvalue weighted by molar-refractivity contribution is 0.0520. The van der Waals surface area contributed by atoms with Gasteiger partial charge in [0.15, 0.2) is 29.3 Å². The zero-order valence-electron chi connectivity index (χ0n) is 17.5. The maximum Gasteiger partial charge on any atom is 0.345 e. The van der Waals surface area contributed by atoms with Crippen molar-refractivity contribution >= 4 is 12.3 Å². The summed E-state index contributed by atoms with van der Waals surface area (Å²) in [7, 11) is 0. The maximum atomic E-state index is 12.9. The Labute approximate surface area is 188 Å². The standard InChI is InChI=1S/C24H18O9/c1-2-27-24(26)23-17(32-15-6-7-16-21(9-15)30-12-28-16)4-3-5-18(23)33-19-10-22-20(29-13-31-22)8-14(19)11-25/h3-11H,2,12-13H2,1H3. The second kappa shape index (κ2) is 8.62. The van der Waals surface area contributed by atoms with Gasteiger partial charge in [0.25, 0.3) is 0 Å². The van der Waals surface area contributed by atoms with E-state index in [1.54, 1.807) is 43.3 Å². The number of aldehydes is 1. The van der Waals surface area contributed by atoms with Gasteiger partial charge in [0.05, 0.1) is 12.2 Å².